The van der Waals surface area contributed by atoms with E-state index in [-0.39, 0.29) is 17.6 Å². The number of carbonyl (C=O) groups is 1. The average molecular weight is 496 g/mol. The van der Waals surface area contributed by atoms with Gasteiger partial charge in [0.25, 0.3) is 5.91 Å². The minimum atomic E-state index is -0.205. The zero-order chi connectivity index (χ0) is 26.0. The third kappa shape index (κ3) is 5.62. The van der Waals surface area contributed by atoms with E-state index in [9.17, 15) is 4.79 Å². The van der Waals surface area contributed by atoms with Crippen LogP contribution in [-0.2, 0) is 10.2 Å². The zero-order valence-corrected chi connectivity index (χ0v) is 21.8. The molecule has 7 heteroatoms. The Morgan fingerprint density at radius 1 is 1.00 bits per heavy atom. The number of amides is 1. The largest absolute Gasteiger partial charge is 0.359 e. The number of carbonyl (C=O) groups excluding carboxylic acids is 1. The number of ether oxygens (including phenoxy) is 1. The number of pyridine rings is 2. The lowest BCUT2D eigenvalue weighted by molar-refractivity contribution is -0.00266. The topological polar surface area (TPSA) is 92.8 Å². The molecular weight excluding hydrogens is 462 g/mol. The first-order valence-electron chi connectivity index (χ1n) is 12.8. The summed E-state index contributed by atoms with van der Waals surface area (Å²) in [6, 6.07) is 17.5. The molecule has 2 N–H and O–H groups in total. The molecular formula is C30H33N5O2. The summed E-state index contributed by atoms with van der Waals surface area (Å²) >= 11 is 0. The van der Waals surface area contributed by atoms with Crippen LogP contribution < -0.4 is 5.32 Å². The van der Waals surface area contributed by atoms with Gasteiger partial charge in [0.2, 0.25) is 0 Å². The molecule has 0 radical (unpaired) electrons. The van der Waals surface area contributed by atoms with E-state index >= 15 is 0 Å². The van der Waals surface area contributed by atoms with Crippen molar-refractivity contribution in [1.82, 2.24) is 25.3 Å². The maximum atomic E-state index is 12.7. The fourth-order valence-electron chi connectivity index (χ4n) is 4.42. The summed E-state index contributed by atoms with van der Waals surface area (Å²) in [6.45, 7) is 9.10. The molecule has 1 unspecified atom stereocenters. The van der Waals surface area contributed by atoms with Gasteiger partial charge in [0.05, 0.1) is 22.8 Å². The van der Waals surface area contributed by atoms with Crippen molar-refractivity contribution < 1.29 is 9.53 Å². The van der Waals surface area contributed by atoms with Crippen molar-refractivity contribution in [1.29, 1.82) is 0 Å². The molecule has 1 amide bonds. The van der Waals surface area contributed by atoms with E-state index in [0.29, 0.717) is 12.2 Å². The highest BCUT2D eigenvalue weighted by Gasteiger charge is 2.23. The van der Waals surface area contributed by atoms with Crippen LogP contribution in [0.4, 0.5) is 0 Å². The van der Waals surface area contributed by atoms with Crippen LogP contribution in [-0.4, -0.2) is 38.7 Å². The maximum absolute atomic E-state index is 12.7. The lowest BCUT2D eigenvalue weighted by Crippen LogP contribution is -2.38. The number of aryl methyl sites for hydroxylation is 1. The molecule has 4 heterocycles. The molecule has 1 aliphatic rings. The van der Waals surface area contributed by atoms with Crippen molar-refractivity contribution in [3.05, 3.63) is 77.9 Å². The van der Waals surface area contributed by atoms with Gasteiger partial charge < -0.3 is 15.0 Å². The molecule has 0 bridgehead atoms. The predicted molar refractivity (Wildman–Crippen MR) is 145 cm³/mol. The first kappa shape index (κ1) is 24.8. The van der Waals surface area contributed by atoms with Crippen molar-refractivity contribution in [2.45, 2.75) is 58.6 Å². The van der Waals surface area contributed by atoms with Gasteiger partial charge in [-0.15, -0.1) is 0 Å². The first-order valence-corrected chi connectivity index (χ1v) is 12.8. The summed E-state index contributed by atoms with van der Waals surface area (Å²) in [5.74, 6) is 0.776. The van der Waals surface area contributed by atoms with Crippen molar-refractivity contribution in [3.8, 4) is 33.9 Å². The maximum Gasteiger partial charge on any atom is 0.253 e. The fraction of sp³-hybridized carbons (Fsp3) is 0.333. The molecule has 1 aromatic carbocycles. The van der Waals surface area contributed by atoms with Crippen LogP contribution in [0.2, 0.25) is 0 Å². The molecule has 5 rings (SSSR count). The Kier molecular flexibility index (Phi) is 6.89. The summed E-state index contributed by atoms with van der Waals surface area (Å²) in [6.07, 6.45) is 4.56. The van der Waals surface area contributed by atoms with Gasteiger partial charge in [0, 0.05) is 40.6 Å². The molecule has 0 saturated carbocycles. The lowest BCUT2D eigenvalue weighted by Gasteiger charge is -2.23. The number of aromatic amines is 1. The quantitative estimate of drug-likeness (QED) is 0.351. The van der Waals surface area contributed by atoms with E-state index in [0.717, 1.165) is 64.7 Å². The third-order valence-electron chi connectivity index (χ3n) is 6.51. The summed E-state index contributed by atoms with van der Waals surface area (Å²) in [7, 11) is 0. The van der Waals surface area contributed by atoms with Gasteiger partial charge in [-0.3, -0.25) is 14.8 Å². The Morgan fingerprint density at radius 2 is 1.81 bits per heavy atom. The molecule has 0 aliphatic carbocycles. The van der Waals surface area contributed by atoms with Crippen LogP contribution in [0.25, 0.3) is 33.9 Å². The van der Waals surface area contributed by atoms with Crippen molar-refractivity contribution in [2.75, 3.05) is 6.61 Å². The van der Waals surface area contributed by atoms with Crippen LogP contribution >= 0.6 is 0 Å². The molecule has 190 valence electrons. The van der Waals surface area contributed by atoms with Crippen LogP contribution in [0.15, 0.2) is 60.8 Å². The highest BCUT2D eigenvalue weighted by Crippen LogP contribution is 2.34. The number of H-pyrrole nitrogens is 1. The number of nitrogens with zero attached hydrogens (tertiary/aromatic N) is 3. The summed E-state index contributed by atoms with van der Waals surface area (Å²) in [4.78, 5) is 30.5. The molecule has 1 fully saturated rings. The number of imidazole rings is 1. The number of hydrogen-bond donors (Lipinski definition) is 2. The second-order valence-corrected chi connectivity index (χ2v) is 10.6. The number of nitrogens with one attached hydrogen (secondary N) is 2. The SMILES string of the molecule is Cc1cccc(-c2[nH]c(C(C)(C)C)nc2-c2ccnc(-c3ccc(C(=O)NC4CCCCO4)cc3)c2)n1. The van der Waals surface area contributed by atoms with Crippen LogP contribution in [0.3, 0.4) is 0 Å². The van der Waals surface area contributed by atoms with Crippen molar-refractivity contribution in [3.63, 3.8) is 0 Å². The van der Waals surface area contributed by atoms with E-state index in [1.165, 1.54) is 0 Å². The molecule has 0 spiro atoms. The molecule has 1 atom stereocenters. The summed E-state index contributed by atoms with van der Waals surface area (Å²) in [5.41, 5.74) is 6.68. The second kappa shape index (κ2) is 10.3. The van der Waals surface area contributed by atoms with Gasteiger partial charge in [-0.25, -0.2) is 4.98 Å². The Balaban J connectivity index is 1.44. The van der Waals surface area contributed by atoms with Gasteiger partial charge in [0.15, 0.2) is 0 Å². The fourth-order valence-corrected chi connectivity index (χ4v) is 4.42. The summed E-state index contributed by atoms with van der Waals surface area (Å²) in [5, 5.41) is 2.97. The van der Waals surface area contributed by atoms with E-state index < -0.39 is 0 Å². The minimum absolute atomic E-state index is 0.123. The summed E-state index contributed by atoms with van der Waals surface area (Å²) < 4.78 is 5.63. The molecule has 3 aromatic heterocycles. The lowest BCUT2D eigenvalue weighted by atomic mass is 9.96. The predicted octanol–water partition coefficient (Wildman–Crippen LogP) is 6.06. The van der Waals surface area contributed by atoms with Crippen LogP contribution in [0, 0.1) is 6.92 Å². The molecule has 7 nitrogen and oxygen atoms in total. The highest BCUT2D eigenvalue weighted by molar-refractivity contribution is 5.94. The molecule has 1 saturated heterocycles. The van der Waals surface area contributed by atoms with Gasteiger partial charge in [0.1, 0.15) is 12.1 Å². The number of hydrogen-bond acceptors (Lipinski definition) is 5. The van der Waals surface area contributed by atoms with Crippen molar-refractivity contribution >= 4 is 5.91 Å². The first-order chi connectivity index (χ1) is 17.8. The Hall–Kier alpha value is -3.84. The van der Waals surface area contributed by atoms with Gasteiger partial charge in [-0.2, -0.15) is 0 Å². The Labute approximate surface area is 217 Å². The van der Waals surface area contributed by atoms with E-state index in [1.807, 2.05) is 61.5 Å². The van der Waals surface area contributed by atoms with Crippen LogP contribution in [0.1, 0.15) is 61.9 Å². The number of rotatable bonds is 5. The van der Waals surface area contributed by atoms with E-state index in [4.69, 9.17) is 14.7 Å². The average Bonchev–Trinajstić information content (AvgIpc) is 3.36. The highest BCUT2D eigenvalue weighted by atomic mass is 16.5. The van der Waals surface area contributed by atoms with Gasteiger partial charge >= 0.3 is 0 Å². The molecule has 4 aromatic rings. The molecule has 1 aliphatic heterocycles. The van der Waals surface area contributed by atoms with E-state index in [2.05, 4.69) is 36.1 Å². The number of benzene rings is 1. The third-order valence-corrected chi connectivity index (χ3v) is 6.51. The zero-order valence-electron chi connectivity index (χ0n) is 21.8. The van der Waals surface area contributed by atoms with Crippen molar-refractivity contribution in [2.24, 2.45) is 0 Å². The van der Waals surface area contributed by atoms with E-state index in [1.54, 1.807) is 6.20 Å². The second-order valence-electron chi connectivity index (χ2n) is 10.6. The molecule has 37 heavy (non-hydrogen) atoms. The standard InChI is InChI=1S/C30H33N5O2/c1-19-8-7-9-23(32-19)27-26(34-29(35-27)30(2,3)4)22-15-16-31-24(18-22)20-11-13-21(14-12-20)28(36)33-25-10-5-6-17-37-25/h7-9,11-16,18,25H,5-6,10,17H2,1-4H3,(H,33,36)(H,34,35). The monoisotopic (exact) mass is 495 g/mol. The Bertz CT molecular complexity index is 1400. The van der Waals surface area contributed by atoms with Gasteiger partial charge in [-0.1, -0.05) is 39.0 Å². The normalized spacial score (nSPS) is 15.9. The van der Waals surface area contributed by atoms with Gasteiger partial charge in [-0.05, 0) is 62.6 Å². The van der Waals surface area contributed by atoms with Crippen LogP contribution in [0.5, 0.6) is 0 Å². The number of aromatic nitrogens is 4. The Morgan fingerprint density at radius 3 is 2.51 bits per heavy atom. The smallest absolute Gasteiger partial charge is 0.253 e. The minimum Gasteiger partial charge on any atom is -0.359 e.